The predicted octanol–water partition coefficient (Wildman–Crippen LogP) is 7.67. The number of carbonyl (C=O) groups excluding carboxylic acids is 2. The summed E-state index contributed by atoms with van der Waals surface area (Å²) in [6.45, 7) is 3.53. The quantitative estimate of drug-likeness (QED) is 0.139. The highest BCUT2D eigenvalue weighted by Crippen LogP contribution is 2.39. The Kier molecular flexibility index (Phi) is 13.3. The van der Waals surface area contributed by atoms with Gasteiger partial charge in [0.05, 0.1) is 12.0 Å². The van der Waals surface area contributed by atoms with Gasteiger partial charge in [-0.1, -0.05) is 118 Å². The number of aliphatic hydroxyl groups is 1. The van der Waals surface area contributed by atoms with E-state index in [2.05, 4.69) is 30.3 Å². The minimum Gasteiger partial charge on any atom is -0.455 e. The molecule has 2 aromatic carbocycles. The number of rotatable bonds is 19. The van der Waals surface area contributed by atoms with Crippen LogP contribution in [0.15, 0.2) is 60.7 Å². The van der Waals surface area contributed by atoms with E-state index in [9.17, 15) is 14.7 Å². The molecule has 0 radical (unpaired) electrons. The van der Waals surface area contributed by atoms with Crippen molar-refractivity contribution in [3.63, 3.8) is 0 Å². The van der Waals surface area contributed by atoms with Crippen LogP contribution in [0.25, 0.3) is 0 Å². The Morgan fingerprint density at radius 1 is 0.927 bits per heavy atom. The lowest BCUT2D eigenvalue weighted by Gasteiger charge is -2.36. The molecule has 0 bridgehead atoms. The number of methoxy groups -OCH3 is 1. The first-order valence-corrected chi connectivity index (χ1v) is 15.5. The lowest BCUT2D eigenvalue weighted by atomic mass is 9.82. The zero-order chi connectivity index (χ0) is 29.6. The Hall–Kier alpha value is -2.70. The number of esters is 2. The minimum atomic E-state index is -1.09. The van der Waals surface area contributed by atoms with Gasteiger partial charge in [0.25, 0.3) is 0 Å². The fourth-order valence-electron chi connectivity index (χ4n) is 5.99. The Bertz CT molecular complexity index is 1040. The zero-order valence-electron chi connectivity index (χ0n) is 25.3. The first kappa shape index (κ1) is 32.8. The molecule has 4 atom stereocenters. The van der Waals surface area contributed by atoms with Crippen LogP contribution >= 0.6 is 0 Å². The van der Waals surface area contributed by atoms with Gasteiger partial charge in [0.2, 0.25) is 0 Å². The molecular formula is C35H50O6. The molecule has 6 nitrogen and oxygen atoms in total. The highest BCUT2D eigenvalue weighted by molar-refractivity contribution is 5.79. The summed E-state index contributed by atoms with van der Waals surface area (Å²) in [5, 5.41) is 11.2. The third kappa shape index (κ3) is 11.2. The number of carbonyl (C=O) groups is 2. The lowest BCUT2D eigenvalue weighted by molar-refractivity contribution is -0.177. The van der Waals surface area contributed by atoms with Crippen molar-refractivity contribution < 1.29 is 28.9 Å². The highest BCUT2D eigenvalue weighted by Gasteiger charge is 2.51. The van der Waals surface area contributed by atoms with Crippen LogP contribution in [0, 0.1) is 0 Å². The Morgan fingerprint density at radius 3 is 2.05 bits per heavy atom. The topological polar surface area (TPSA) is 82.1 Å². The van der Waals surface area contributed by atoms with Gasteiger partial charge < -0.3 is 19.3 Å². The van der Waals surface area contributed by atoms with E-state index >= 15 is 0 Å². The van der Waals surface area contributed by atoms with Crippen molar-refractivity contribution in [2.45, 2.75) is 127 Å². The van der Waals surface area contributed by atoms with Crippen LogP contribution in [0.2, 0.25) is 0 Å². The molecule has 1 heterocycles. The fourth-order valence-corrected chi connectivity index (χ4v) is 5.99. The summed E-state index contributed by atoms with van der Waals surface area (Å²) in [5.41, 5.74) is -0.0131. The fraction of sp³-hybridized carbons (Fsp3) is 0.600. The van der Waals surface area contributed by atoms with Gasteiger partial charge in [-0.05, 0) is 44.2 Å². The Morgan fingerprint density at radius 2 is 1.46 bits per heavy atom. The van der Waals surface area contributed by atoms with Gasteiger partial charge in [0.1, 0.15) is 5.60 Å². The van der Waals surface area contributed by atoms with Crippen LogP contribution < -0.4 is 0 Å². The molecule has 0 unspecified atom stereocenters. The predicted molar refractivity (Wildman–Crippen MR) is 161 cm³/mol. The monoisotopic (exact) mass is 566 g/mol. The van der Waals surface area contributed by atoms with Gasteiger partial charge in [0.15, 0.2) is 12.2 Å². The normalized spacial score (nSPS) is 20.8. The van der Waals surface area contributed by atoms with E-state index in [4.69, 9.17) is 14.2 Å². The van der Waals surface area contributed by atoms with Crippen molar-refractivity contribution in [2.24, 2.45) is 0 Å². The van der Waals surface area contributed by atoms with E-state index in [0.29, 0.717) is 12.0 Å². The third-order valence-corrected chi connectivity index (χ3v) is 8.20. The van der Waals surface area contributed by atoms with Gasteiger partial charge >= 0.3 is 11.9 Å². The second kappa shape index (κ2) is 16.7. The molecule has 0 spiro atoms. The number of benzene rings is 2. The molecule has 0 saturated carbocycles. The molecule has 41 heavy (non-hydrogen) atoms. The van der Waals surface area contributed by atoms with E-state index in [-0.39, 0.29) is 12.8 Å². The summed E-state index contributed by atoms with van der Waals surface area (Å²) < 4.78 is 16.8. The van der Waals surface area contributed by atoms with Crippen molar-refractivity contribution in [3.05, 3.63) is 71.8 Å². The van der Waals surface area contributed by atoms with Crippen molar-refractivity contribution >= 4 is 11.9 Å². The molecule has 0 aliphatic carbocycles. The van der Waals surface area contributed by atoms with Crippen LogP contribution in [-0.2, 0) is 30.2 Å². The molecule has 1 fully saturated rings. The van der Waals surface area contributed by atoms with E-state index in [0.717, 1.165) is 19.3 Å². The molecule has 0 aromatic heterocycles. The van der Waals surface area contributed by atoms with E-state index in [1.54, 1.807) is 26.0 Å². The number of cyclic esters (lactones) is 1. The number of hydrogen-bond donors (Lipinski definition) is 1. The van der Waals surface area contributed by atoms with Crippen molar-refractivity contribution in [1.29, 1.82) is 0 Å². The average Bonchev–Trinajstić information content (AvgIpc) is 3.21. The molecule has 3 rings (SSSR count). The number of aryl methyl sites for hydroxylation is 1. The molecule has 1 aliphatic rings. The standard InChI is InChI=1S/C35H50O6/c1-34(38,25-19-11-9-7-5-4-6-8-10-14-20-28-21-15-12-16-22-28)27-35(2)30(26-31(36)41-35)40-33(37)32(39-3)29-23-17-13-18-24-29/h12-13,15-18,21-24,30,32,38H,4-11,14,19-20,25-27H2,1-3H3/t30-,32+,34-,35-/m0/s1. The van der Waals surface area contributed by atoms with Crippen molar-refractivity contribution in [2.75, 3.05) is 7.11 Å². The zero-order valence-corrected chi connectivity index (χ0v) is 25.3. The summed E-state index contributed by atoms with van der Waals surface area (Å²) >= 11 is 0. The first-order valence-electron chi connectivity index (χ1n) is 15.5. The third-order valence-electron chi connectivity index (χ3n) is 8.20. The van der Waals surface area contributed by atoms with Crippen molar-refractivity contribution in [1.82, 2.24) is 0 Å². The Balaban J connectivity index is 1.31. The summed E-state index contributed by atoms with van der Waals surface area (Å²) in [4.78, 5) is 25.2. The molecule has 2 aromatic rings. The maximum atomic E-state index is 13.0. The molecule has 226 valence electrons. The van der Waals surface area contributed by atoms with Gasteiger partial charge in [-0.3, -0.25) is 4.79 Å². The molecule has 0 amide bonds. The maximum absolute atomic E-state index is 13.0. The Labute approximate surface area is 246 Å². The molecule has 1 N–H and O–H groups in total. The van der Waals surface area contributed by atoms with Crippen LogP contribution in [0.3, 0.4) is 0 Å². The number of unbranched alkanes of at least 4 members (excludes halogenated alkanes) is 9. The number of hydrogen-bond acceptors (Lipinski definition) is 6. The van der Waals surface area contributed by atoms with Gasteiger partial charge in [0, 0.05) is 13.5 Å². The molecule has 1 aliphatic heterocycles. The SMILES string of the molecule is CO[C@@H](C(=O)O[C@H]1CC(=O)O[C@@]1(C)C[C@@](C)(O)CCCCCCCCCCCCc1ccccc1)c1ccccc1. The van der Waals surface area contributed by atoms with Crippen molar-refractivity contribution in [3.8, 4) is 0 Å². The van der Waals surface area contributed by atoms with E-state index in [1.807, 2.05) is 18.2 Å². The van der Waals surface area contributed by atoms with Gasteiger partial charge in [-0.2, -0.15) is 0 Å². The van der Waals surface area contributed by atoms with Crippen LogP contribution in [0.5, 0.6) is 0 Å². The summed E-state index contributed by atoms with van der Waals surface area (Å²) in [7, 11) is 1.45. The summed E-state index contributed by atoms with van der Waals surface area (Å²) in [5.74, 6) is -0.994. The second-order valence-corrected chi connectivity index (χ2v) is 12.1. The van der Waals surface area contributed by atoms with Crippen LogP contribution in [0.4, 0.5) is 0 Å². The van der Waals surface area contributed by atoms with E-state index < -0.39 is 35.3 Å². The lowest BCUT2D eigenvalue weighted by Crippen LogP contribution is -2.46. The molecular weight excluding hydrogens is 516 g/mol. The van der Waals surface area contributed by atoms with Gasteiger partial charge in [-0.25, -0.2) is 4.79 Å². The highest BCUT2D eigenvalue weighted by atomic mass is 16.6. The minimum absolute atomic E-state index is 0.0312. The second-order valence-electron chi connectivity index (χ2n) is 12.1. The summed E-state index contributed by atoms with van der Waals surface area (Å²) in [6.07, 6.45) is 12.4. The van der Waals surface area contributed by atoms with Gasteiger partial charge in [-0.15, -0.1) is 0 Å². The number of ether oxygens (including phenoxy) is 3. The van der Waals surface area contributed by atoms with Crippen LogP contribution in [-0.4, -0.2) is 41.5 Å². The molecule has 1 saturated heterocycles. The van der Waals surface area contributed by atoms with Crippen LogP contribution in [0.1, 0.15) is 115 Å². The largest absolute Gasteiger partial charge is 0.455 e. The molecule has 6 heteroatoms. The van der Waals surface area contributed by atoms with E-state index in [1.165, 1.54) is 64.0 Å². The smallest absolute Gasteiger partial charge is 0.340 e. The maximum Gasteiger partial charge on any atom is 0.340 e. The first-order chi connectivity index (χ1) is 19.7. The summed E-state index contributed by atoms with van der Waals surface area (Å²) in [6, 6.07) is 19.8. The average molecular weight is 567 g/mol.